The highest BCUT2D eigenvalue weighted by molar-refractivity contribution is 9.10. The summed E-state index contributed by atoms with van der Waals surface area (Å²) in [5, 5.41) is 6.04. The lowest BCUT2D eigenvalue weighted by Crippen LogP contribution is -2.32. The number of hydrazone groups is 1. The fraction of sp³-hybridized carbons (Fsp3) is 0.0435. The van der Waals surface area contributed by atoms with E-state index in [0.717, 1.165) is 16.6 Å². The van der Waals surface area contributed by atoms with Crippen molar-refractivity contribution in [1.29, 1.82) is 0 Å². The standard InChI is InChI=1S/C23H17BrFN3O5/c1-32-20-11-14(5-10-19(20)33-23(31)15-3-2-4-16(24)12-15)13-26-28-22(30)21(29)27-18-8-6-17(25)7-9-18/h2-13H,1H3,(H,27,29)(H,28,30)/b26-13+. The Hall–Kier alpha value is -4.05. The summed E-state index contributed by atoms with van der Waals surface area (Å²) in [6, 6.07) is 16.3. The number of esters is 1. The molecule has 8 nitrogen and oxygen atoms in total. The second-order valence-electron chi connectivity index (χ2n) is 6.47. The molecule has 0 atom stereocenters. The van der Waals surface area contributed by atoms with Crippen LogP contribution in [0.4, 0.5) is 10.1 Å². The fourth-order valence-corrected chi connectivity index (χ4v) is 2.96. The minimum absolute atomic E-state index is 0.197. The highest BCUT2D eigenvalue weighted by Gasteiger charge is 2.14. The number of carbonyl (C=O) groups excluding carboxylic acids is 3. The number of ether oxygens (including phenoxy) is 2. The van der Waals surface area contributed by atoms with E-state index < -0.39 is 23.6 Å². The Morgan fingerprint density at radius 2 is 1.73 bits per heavy atom. The van der Waals surface area contributed by atoms with Gasteiger partial charge in [0, 0.05) is 10.2 Å². The number of hydrogen-bond acceptors (Lipinski definition) is 6. The zero-order chi connectivity index (χ0) is 23.8. The number of anilines is 1. The van der Waals surface area contributed by atoms with Crippen molar-refractivity contribution in [2.75, 3.05) is 12.4 Å². The van der Waals surface area contributed by atoms with E-state index in [9.17, 15) is 18.8 Å². The van der Waals surface area contributed by atoms with E-state index in [-0.39, 0.29) is 17.2 Å². The van der Waals surface area contributed by atoms with Crippen molar-refractivity contribution in [1.82, 2.24) is 5.43 Å². The molecule has 0 heterocycles. The van der Waals surface area contributed by atoms with Crippen LogP contribution in [0.1, 0.15) is 15.9 Å². The highest BCUT2D eigenvalue weighted by atomic mass is 79.9. The van der Waals surface area contributed by atoms with Crippen LogP contribution < -0.4 is 20.2 Å². The van der Waals surface area contributed by atoms with Gasteiger partial charge >= 0.3 is 17.8 Å². The summed E-state index contributed by atoms with van der Waals surface area (Å²) in [5.41, 5.74) is 3.22. The summed E-state index contributed by atoms with van der Waals surface area (Å²) in [6.07, 6.45) is 1.28. The molecule has 0 aliphatic heterocycles. The number of nitrogens with zero attached hydrogens (tertiary/aromatic N) is 1. The smallest absolute Gasteiger partial charge is 0.343 e. The number of methoxy groups -OCH3 is 1. The Morgan fingerprint density at radius 3 is 2.42 bits per heavy atom. The highest BCUT2D eigenvalue weighted by Crippen LogP contribution is 2.28. The van der Waals surface area contributed by atoms with Crippen LogP contribution in [0.15, 0.2) is 76.3 Å². The van der Waals surface area contributed by atoms with Crippen molar-refractivity contribution in [2.24, 2.45) is 5.10 Å². The second-order valence-corrected chi connectivity index (χ2v) is 7.39. The molecule has 0 bridgehead atoms. The molecule has 0 spiro atoms. The van der Waals surface area contributed by atoms with E-state index in [1.54, 1.807) is 30.3 Å². The van der Waals surface area contributed by atoms with Gasteiger partial charge in [-0.15, -0.1) is 0 Å². The van der Waals surface area contributed by atoms with Gasteiger partial charge < -0.3 is 14.8 Å². The SMILES string of the molecule is COc1cc(/C=N/NC(=O)C(=O)Nc2ccc(F)cc2)ccc1OC(=O)c1cccc(Br)c1. The molecule has 0 aromatic heterocycles. The molecular formula is C23H17BrFN3O5. The third kappa shape index (κ3) is 6.71. The van der Waals surface area contributed by atoms with Gasteiger partial charge in [-0.3, -0.25) is 9.59 Å². The molecule has 3 aromatic carbocycles. The molecule has 3 rings (SSSR count). The van der Waals surface area contributed by atoms with Crippen LogP contribution in [-0.2, 0) is 9.59 Å². The van der Waals surface area contributed by atoms with E-state index in [4.69, 9.17) is 9.47 Å². The van der Waals surface area contributed by atoms with Crippen molar-refractivity contribution in [3.05, 3.63) is 88.1 Å². The van der Waals surface area contributed by atoms with E-state index >= 15 is 0 Å². The first kappa shape index (κ1) is 23.6. The lowest BCUT2D eigenvalue weighted by atomic mass is 10.2. The van der Waals surface area contributed by atoms with Crippen LogP contribution in [-0.4, -0.2) is 31.1 Å². The first-order valence-electron chi connectivity index (χ1n) is 9.41. The van der Waals surface area contributed by atoms with Gasteiger partial charge in [0.2, 0.25) is 0 Å². The van der Waals surface area contributed by atoms with Crippen LogP contribution in [0.3, 0.4) is 0 Å². The van der Waals surface area contributed by atoms with Gasteiger partial charge in [0.1, 0.15) is 5.82 Å². The Kier molecular flexibility index (Phi) is 7.87. The summed E-state index contributed by atoms with van der Waals surface area (Å²) in [5.74, 6) is -2.54. The number of amides is 2. The Morgan fingerprint density at radius 1 is 0.970 bits per heavy atom. The third-order valence-electron chi connectivity index (χ3n) is 4.14. The third-order valence-corrected chi connectivity index (χ3v) is 4.63. The molecule has 0 fully saturated rings. The molecule has 2 N–H and O–H groups in total. The lowest BCUT2D eigenvalue weighted by Gasteiger charge is -2.10. The van der Waals surface area contributed by atoms with Crippen molar-refractivity contribution in [3.63, 3.8) is 0 Å². The van der Waals surface area contributed by atoms with Crippen LogP contribution in [0, 0.1) is 5.82 Å². The average Bonchev–Trinajstić information content (AvgIpc) is 2.81. The molecule has 0 unspecified atom stereocenters. The molecule has 0 radical (unpaired) electrons. The monoisotopic (exact) mass is 513 g/mol. The maximum absolute atomic E-state index is 12.9. The number of carbonyl (C=O) groups is 3. The number of rotatable bonds is 6. The molecule has 33 heavy (non-hydrogen) atoms. The van der Waals surface area contributed by atoms with Crippen LogP contribution in [0.25, 0.3) is 0 Å². The maximum atomic E-state index is 12.9. The first-order chi connectivity index (χ1) is 15.9. The van der Waals surface area contributed by atoms with Crippen LogP contribution in [0.5, 0.6) is 11.5 Å². The predicted octanol–water partition coefficient (Wildman–Crippen LogP) is 3.90. The van der Waals surface area contributed by atoms with Crippen molar-refractivity contribution >= 4 is 45.6 Å². The first-order valence-corrected chi connectivity index (χ1v) is 10.2. The van der Waals surface area contributed by atoms with Crippen LogP contribution >= 0.6 is 15.9 Å². The van der Waals surface area contributed by atoms with Gasteiger partial charge in [0.05, 0.1) is 18.9 Å². The predicted molar refractivity (Wildman–Crippen MR) is 123 cm³/mol. The van der Waals surface area contributed by atoms with Gasteiger partial charge in [-0.1, -0.05) is 22.0 Å². The summed E-state index contributed by atoms with van der Waals surface area (Å²) < 4.78 is 24.3. The zero-order valence-corrected chi connectivity index (χ0v) is 18.8. The fourth-order valence-electron chi connectivity index (χ4n) is 2.56. The van der Waals surface area contributed by atoms with E-state index in [2.05, 4.69) is 31.8 Å². The molecule has 0 aliphatic carbocycles. The minimum atomic E-state index is -1.01. The van der Waals surface area contributed by atoms with Crippen molar-refractivity contribution in [2.45, 2.75) is 0 Å². The zero-order valence-electron chi connectivity index (χ0n) is 17.2. The van der Waals surface area contributed by atoms with Gasteiger partial charge in [0.15, 0.2) is 11.5 Å². The normalized spacial score (nSPS) is 10.5. The van der Waals surface area contributed by atoms with Gasteiger partial charge in [0.25, 0.3) is 0 Å². The molecule has 168 valence electrons. The largest absolute Gasteiger partial charge is 0.493 e. The average molecular weight is 514 g/mol. The Bertz CT molecular complexity index is 1210. The summed E-state index contributed by atoms with van der Waals surface area (Å²) in [4.78, 5) is 36.1. The van der Waals surface area contributed by atoms with E-state index in [1.165, 1.54) is 37.6 Å². The number of halogens is 2. The molecule has 10 heteroatoms. The van der Waals surface area contributed by atoms with Gasteiger partial charge in [-0.05, 0) is 66.2 Å². The molecule has 0 saturated carbocycles. The molecule has 2 amide bonds. The summed E-state index contributed by atoms with van der Waals surface area (Å²) in [6.45, 7) is 0. The van der Waals surface area contributed by atoms with Gasteiger partial charge in [-0.2, -0.15) is 5.10 Å². The Balaban J connectivity index is 1.60. The number of nitrogens with one attached hydrogen (secondary N) is 2. The van der Waals surface area contributed by atoms with Gasteiger partial charge in [-0.25, -0.2) is 14.6 Å². The quantitative estimate of drug-likeness (QED) is 0.171. The molecule has 3 aromatic rings. The summed E-state index contributed by atoms with van der Waals surface area (Å²) in [7, 11) is 1.41. The topological polar surface area (TPSA) is 106 Å². The van der Waals surface area contributed by atoms with E-state index in [0.29, 0.717) is 11.1 Å². The van der Waals surface area contributed by atoms with E-state index in [1.807, 2.05) is 0 Å². The molecule has 0 aliphatic rings. The number of benzene rings is 3. The lowest BCUT2D eigenvalue weighted by molar-refractivity contribution is -0.136. The second kappa shape index (κ2) is 11.0. The minimum Gasteiger partial charge on any atom is -0.493 e. The Labute approximate surface area is 196 Å². The van der Waals surface area contributed by atoms with Crippen LogP contribution in [0.2, 0.25) is 0 Å². The summed E-state index contributed by atoms with van der Waals surface area (Å²) >= 11 is 3.30. The van der Waals surface area contributed by atoms with Crippen molar-refractivity contribution < 1.29 is 28.2 Å². The maximum Gasteiger partial charge on any atom is 0.343 e. The number of hydrogen-bond donors (Lipinski definition) is 2. The molecular weight excluding hydrogens is 497 g/mol. The van der Waals surface area contributed by atoms with Crippen molar-refractivity contribution in [3.8, 4) is 11.5 Å². The molecule has 0 saturated heterocycles.